The zero-order valence-corrected chi connectivity index (χ0v) is 25.6. The van der Waals surface area contributed by atoms with Crippen molar-refractivity contribution >= 4 is 38.2 Å². The van der Waals surface area contributed by atoms with E-state index in [2.05, 4.69) is 30.6 Å². The Kier molecular flexibility index (Phi) is 6.72. The molecule has 4 fully saturated rings. The molecule has 43 heavy (non-hydrogen) atoms. The zero-order valence-electron chi connectivity index (χ0n) is 24.0. The van der Waals surface area contributed by atoms with Gasteiger partial charge in [0.2, 0.25) is 0 Å². The second kappa shape index (κ2) is 10.4. The monoisotopic (exact) mass is 655 g/mol. The molecule has 0 radical (unpaired) electrons. The Balaban J connectivity index is 1.17. The molecule has 11 heteroatoms. The van der Waals surface area contributed by atoms with Crippen LogP contribution in [0, 0.1) is 11.7 Å². The number of aromatic nitrogens is 2. The second-order valence-corrected chi connectivity index (χ2v) is 14.0. The average molecular weight is 657 g/mol. The number of aliphatic hydroxyl groups is 1. The SMILES string of the molecule is Oc1cc(N2CCc3c(nc(OC[C@@]45CCCN4C[C@H](F)C5)nc3N3CC4CC(O)CC3C4)C2)c2c(Br)c(F)ccc2c1. The van der Waals surface area contributed by atoms with Gasteiger partial charge in [0, 0.05) is 54.8 Å². The molecule has 3 saturated heterocycles. The van der Waals surface area contributed by atoms with Crippen LogP contribution in [0.2, 0.25) is 0 Å². The van der Waals surface area contributed by atoms with Crippen LogP contribution in [0.15, 0.2) is 28.7 Å². The summed E-state index contributed by atoms with van der Waals surface area (Å²) in [7, 11) is 0. The predicted molar refractivity (Wildman–Crippen MR) is 163 cm³/mol. The molecule has 4 aliphatic heterocycles. The number of halogens is 3. The number of nitrogens with zero attached hydrogens (tertiary/aromatic N) is 5. The van der Waals surface area contributed by atoms with E-state index in [9.17, 15) is 19.0 Å². The minimum absolute atomic E-state index is 0.116. The Bertz CT molecular complexity index is 1590. The summed E-state index contributed by atoms with van der Waals surface area (Å²) >= 11 is 3.45. The van der Waals surface area contributed by atoms with Gasteiger partial charge in [0.25, 0.3) is 0 Å². The Hall–Kier alpha value is -2.76. The van der Waals surface area contributed by atoms with Gasteiger partial charge < -0.3 is 24.7 Å². The van der Waals surface area contributed by atoms with Crippen molar-refractivity contribution < 1.29 is 23.7 Å². The molecule has 5 atom stereocenters. The molecule has 2 N–H and O–H groups in total. The zero-order chi connectivity index (χ0) is 29.5. The van der Waals surface area contributed by atoms with Gasteiger partial charge in [0.05, 0.1) is 28.4 Å². The molecule has 8 rings (SSSR count). The van der Waals surface area contributed by atoms with E-state index in [0.717, 1.165) is 73.3 Å². The second-order valence-electron chi connectivity index (χ2n) is 13.2. The molecule has 8 nitrogen and oxygen atoms in total. The first-order chi connectivity index (χ1) is 20.8. The van der Waals surface area contributed by atoms with Crippen LogP contribution in [0.4, 0.5) is 20.3 Å². The standard InChI is InChI=1S/C32H36BrF2N5O3/c33-29-25(35)3-2-19-10-23(42)12-27(28(19)29)38-7-4-24-26(16-38)36-31(43-17-32-5-1-6-39(32)15-20(34)13-32)37-30(24)40-14-18-8-21(40)11-22(41)9-18/h2-3,10,12,18,20-22,41-42H,1,4-9,11,13-17H2/t18?,20-,21?,22?,32+/m1/s1. The van der Waals surface area contributed by atoms with Gasteiger partial charge >= 0.3 is 6.01 Å². The molecule has 3 unspecified atom stereocenters. The van der Waals surface area contributed by atoms with Crippen molar-refractivity contribution in [3.8, 4) is 11.8 Å². The molecule has 0 spiro atoms. The third kappa shape index (κ3) is 4.73. The summed E-state index contributed by atoms with van der Waals surface area (Å²) in [6.45, 7) is 3.63. The number of fused-ring (bicyclic) bond motifs is 5. The highest BCUT2D eigenvalue weighted by Gasteiger charge is 2.49. The number of phenolic OH excluding ortho intramolecular Hbond substituents is 1. The lowest BCUT2D eigenvalue weighted by Crippen LogP contribution is -2.43. The van der Waals surface area contributed by atoms with Crippen molar-refractivity contribution in [3.63, 3.8) is 0 Å². The van der Waals surface area contributed by atoms with E-state index in [4.69, 9.17) is 14.7 Å². The third-order valence-corrected chi connectivity index (χ3v) is 11.3. The molecule has 2 bridgehead atoms. The Labute approximate surface area is 257 Å². The van der Waals surface area contributed by atoms with Crippen LogP contribution in [-0.2, 0) is 13.0 Å². The number of phenols is 1. The smallest absolute Gasteiger partial charge is 0.318 e. The number of hydrogen-bond donors (Lipinski definition) is 2. The minimum Gasteiger partial charge on any atom is -0.508 e. The van der Waals surface area contributed by atoms with Crippen molar-refractivity contribution in [2.24, 2.45) is 5.92 Å². The van der Waals surface area contributed by atoms with E-state index < -0.39 is 6.17 Å². The number of benzene rings is 2. The fourth-order valence-electron chi connectivity index (χ4n) is 8.62. The normalized spacial score (nSPS) is 30.2. The molecule has 1 saturated carbocycles. The van der Waals surface area contributed by atoms with Crippen molar-refractivity contribution in [1.82, 2.24) is 14.9 Å². The largest absolute Gasteiger partial charge is 0.508 e. The van der Waals surface area contributed by atoms with E-state index in [-0.39, 0.29) is 29.3 Å². The molecular formula is C32H36BrF2N5O3. The summed E-state index contributed by atoms with van der Waals surface area (Å²) in [5.74, 6) is 1.07. The molecule has 228 valence electrons. The number of alkyl halides is 1. The van der Waals surface area contributed by atoms with Crippen LogP contribution < -0.4 is 14.5 Å². The fourth-order valence-corrected chi connectivity index (χ4v) is 9.18. The van der Waals surface area contributed by atoms with Gasteiger partial charge in [0.15, 0.2) is 0 Å². The Morgan fingerprint density at radius 1 is 1.12 bits per heavy atom. The maximum absolute atomic E-state index is 14.7. The van der Waals surface area contributed by atoms with Crippen LogP contribution >= 0.6 is 15.9 Å². The number of anilines is 2. The van der Waals surface area contributed by atoms with Gasteiger partial charge in [-0.2, -0.15) is 9.97 Å². The molecule has 1 aromatic heterocycles. The van der Waals surface area contributed by atoms with Crippen molar-refractivity contribution in [2.45, 2.75) is 75.3 Å². The van der Waals surface area contributed by atoms with Gasteiger partial charge in [-0.1, -0.05) is 6.07 Å². The van der Waals surface area contributed by atoms with E-state index >= 15 is 0 Å². The van der Waals surface area contributed by atoms with Crippen molar-refractivity contribution in [2.75, 3.05) is 42.6 Å². The highest BCUT2D eigenvalue weighted by atomic mass is 79.9. The first-order valence-corrected chi connectivity index (χ1v) is 16.3. The molecule has 5 heterocycles. The predicted octanol–water partition coefficient (Wildman–Crippen LogP) is 5.10. The van der Waals surface area contributed by atoms with Gasteiger partial charge in [-0.25, -0.2) is 8.78 Å². The number of aliphatic hydroxyl groups excluding tert-OH is 1. The lowest BCUT2D eigenvalue weighted by atomic mass is 9.88. The van der Waals surface area contributed by atoms with Gasteiger partial charge in [-0.05, 0) is 84.4 Å². The molecular weight excluding hydrogens is 620 g/mol. The lowest BCUT2D eigenvalue weighted by molar-refractivity contribution is 0.107. The first kappa shape index (κ1) is 27.8. The van der Waals surface area contributed by atoms with Crippen LogP contribution in [0.1, 0.15) is 49.8 Å². The van der Waals surface area contributed by atoms with E-state index in [1.54, 1.807) is 18.2 Å². The van der Waals surface area contributed by atoms with Crippen LogP contribution in [-0.4, -0.2) is 81.7 Å². The van der Waals surface area contributed by atoms with E-state index in [1.165, 1.54) is 6.07 Å². The number of aromatic hydroxyl groups is 1. The quantitative estimate of drug-likeness (QED) is 0.393. The topological polar surface area (TPSA) is 85.2 Å². The maximum Gasteiger partial charge on any atom is 0.318 e. The molecule has 1 aliphatic carbocycles. The minimum atomic E-state index is -0.839. The summed E-state index contributed by atoms with van der Waals surface area (Å²) in [6.07, 6.45) is 4.54. The molecule has 0 amide bonds. The highest BCUT2D eigenvalue weighted by molar-refractivity contribution is 9.10. The van der Waals surface area contributed by atoms with Gasteiger partial charge in [0.1, 0.15) is 30.2 Å². The molecule has 3 aromatic rings. The Morgan fingerprint density at radius 2 is 2.00 bits per heavy atom. The number of hydrogen-bond acceptors (Lipinski definition) is 8. The van der Waals surface area contributed by atoms with Crippen molar-refractivity contribution in [3.05, 3.63) is 45.8 Å². The third-order valence-electron chi connectivity index (χ3n) is 10.5. The highest BCUT2D eigenvalue weighted by Crippen LogP contribution is 2.44. The summed E-state index contributed by atoms with van der Waals surface area (Å²) in [6, 6.07) is 6.92. The van der Waals surface area contributed by atoms with Crippen molar-refractivity contribution in [1.29, 1.82) is 0 Å². The van der Waals surface area contributed by atoms with Crippen LogP contribution in [0.25, 0.3) is 10.8 Å². The number of ether oxygens (including phenoxy) is 1. The van der Waals surface area contributed by atoms with Crippen LogP contribution in [0.3, 0.4) is 0 Å². The first-order valence-electron chi connectivity index (χ1n) is 15.5. The fraction of sp³-hybridized carbons (Fsp3) is 0.562. The Morgan fingerprint density at radius 3 is 2.88 bits per heavy atom. The summed E-state index contributed by atoms with van der Waals surface area (Å²) in [5.41, 5.74) is 2.34. The van der Waals surface area contributed by atoms with Gasteiger partial charge in [-0.3, -0.25) is 4.90 Å². The van der Waals surface area contributed by atoms with E-state index in [0.29, 0.717) is 60.9 Å². The maximum atomic E-state index is 14.7. The average Bonchev–Trinajstić information content (AvgIpc) is 3.61. The lowest BCUT2D eigenvalue weighted by Gasteiger charge is -2.35. The van der Waals surface area contributed by atoms with Gasteiger partial charge in [-0.15, -0.1) is 0 Å². The summed E-state index contributed by atoms with van der Waals surface area (Å²) in [5, 5.41) is 22.5. The number of rotatable bonds is 5. The van der Waals surface area contributed by atoms with E-state index in [1.807, 2.05) is 0 Å². The summed E-state index contributed by atoms with van der Waals surface area (Å²) < 4.78 is 35.9. The molecule has 5 aliphatic rings. The summed E-state index contributed by atoms with van der Waals surface area (Å²) in [4.78, 5) is 16.7. The molecule has 2 aromatic carbocycles. The van der Waals surface area contributed by atoms with Crippen LogP contribution in [0.5, 0.6) is 11.8 Å².